The highest BCUT2D eigenvalue weighted by Crippen LogP contribution is 2.38. The lowest BCUT2D eigenvalue weighted by Gasteiger charge is -2.29. The summed E-state index contributed by atoms with van der Waals surface area (Å²) >= 11 is 15.0. The standard InChI is InChI=1S/C33H21BrClN3O2S/c34-24-11-15-26(16-12-24)37-29(21-7-3-1-4-8-21)20-23(30(37)22-9-5-2-6-10-22)19-28-31(39)36-33(41)38(32(28)40)27-17-13-25(35)14-18-27/h1-20H,(H,36,39,41)/b28-19-. The van der Waals surface area contributed by atoms with E-state index in [0.29, 0.717) is 16.3 Å². The molecule has 200 valence electrons. The van der Waals surface area contributed by atoms with Gasteiger partial charge in [-0.3, -0.25) is 19.8 Å². The number of aromatic nitrogens is 1. The molecule has 1 aliphatic rings. The minimum absolute atomic E-state index is 0.0140. The lowest BCUT2D eigenvalue weighted by atomic mass is 10.0. The summed E-state index contributed by atoms with van der Waals surface area (Å²) in [5.74, 6) is -1.07. The van der Waals surface area contributed by atoms with E-state index < -0.39 is 11.8 Å². The number of hydrogen-bond donors (Lipinski definition) is 1. The van der Waals surface area contributed by atoms with Crippen molar-refractivity contribution in [3.63, 3.8) is 0 Å². The third-order valence-electron chi connectivity index (χ3n) is 6.72. The molecule has 1 aliphatic heterocycles. The Morgan fingerprint density at radius 3 is 1.98 bits per heavy atom. The first-order chi connectivity index (χ1) is 19.9. The van der Waals surface area contributed by atoms with Crippen molar-refractivity contribution in [1.29, 1.82) is 0 Å². The van der Waals surface area contributed by atoms with Crippen LogP contribution >= 0.6 is 39.7 Å². The quantitative estimate of drug-likeness (QED) is 0.120. The van der Waals surface area contributed by atoms with E-state index in [9.17, 15) is 9.59 Å². The minimum atomic E-state index is -0.554. The normalized spacial score (nSPS) is 14.4. The lowest BCUT2D eigenvalue weighted by molar-refractivity contribution is -0.122. The second-order valence-corrected chi connectivity index (χ2v) is 11.1. The molecule has 1 aromatic heterocycles. The number of thiocarbonyl (C=S) groups is 1. The second-order valence-electron chi connectivity index (χ2n) is 9.31. The van der Waals surface area contributed by atoms with Crippen LogP contribution in [0, 0.1) is 0 Å². The Kier molecular flexibility index (Phi) is 7.41. The molecule has 0 spiro atoms. The fourth-order valence-corrected chi connectivity index (χ4v) is 5.52. The van der Waals surface area contributed by atoms with Crippen LogP contribution < -0.4 is 10.2 Å². The Hall–Kier alpha value is -4.30. The van der Waals surface area contributed by atoms with E-state index in [0.717, 1.165) is 32.7 Å². The number of anilines is 1. The van der Waals surface area contributed by atoms with Gasteiger partial charge in [-0.2, -0.15) is 0 Å². The van der Waals surface area contributed by atoms with E-state index in [4.69, 9.17) is 23.8 Å². The van der Waals surface area contributed by atoms with Crippen LogP contribution in [0.4, 0.5) is 5.69 Å². The Morgan fingerprint density at radius 1 is 0.756 bits per heavy atom. The molecule has 0 bridgehead atoms. The van der Waals surface area contributed by atoms with Crippen LogP contribution in [0.2, 0.25) is 5.02 Å². The van der Waals surface area contributed by atoms with Gasteiger partial charge in [-0.25, -0.2) is 0 Å². The second kappa shape index (κ2) is 11.3. The van der Waals surface area contributed by atoms with E-state index in [-0.39, 0.29) is 10.7 Å². The largest absolute Gasteiger partial charge is 0.309 e. The first-order valence-corrected chi connectivity index (χ1v) is 14.3. The number of halogens is 2. The fourth-order valence-electron chi connectivity index (χ4n) is 4.85. The third-order valence-corrected chi connectivity index (χ3v) is 7.78. The van der Waals surface area contributed by atoms with E-state index >= 15 is 0 Å². The van der Waals surface area contributed by atoms with Crippen LogP contribution in [0.15, 0.2) is 125 Å². The molecule has 1 N–H and O–H groups in total. The van der Waals surface area contributed by atoms with Gasteiger partial charge in [0.25, 0.3) is 11.8 Å². The highest BCUT2D eigenvalue weighted by atomic mass is 79.9. The number of nitrogens with one attached hydrogen (secondary N) is 1. The topological polar surface area (TPSA) is 54.3 Å². The molecule has 0 radical (unpaired) electrons. The molecular formula is C33H21BrClN3O2S. The number of nitrogens with zero attached hydrogens (tertiary/aromatic N) is 2. The number of carbonyl (C=O) groups is 2. The molecule has 0 unspecified atom stereocenters. The van der Waals surface area contributed by atoms with Crippen LogP contribution in [0.3, 0.4) is 0 Å². The SMILES string of the molecule is O=C1NC(=S)N(c2ccc(Cl)cc2)C(=O)/C1=C\c1cc(-c2ccccc2)n(-c2ccc(Br)cc2)c1-c1ccccc1. The summed E-state index contributed by atoms with van der Waals surface area (Å²) in [6.07, 6.45) is 1.65. The predicted molar refractivity (Wildman–Crippen MR) is 172 cm³/mol. The van der Waals surface area contributed by atoms with Gasteiger partial charge in [-0.15, -0.1) is 0 Å². The molecule has 0 aliphatic carbocycles. The van der Waals surface area contributed by atoms with Crippen LogP contribution in [0.1, 0.15) is 5.56 Å². The van der Waals surface area contributed by atoms with Crippen LogP contribution in [0.25, 0.3) is 34.3 Å². The van der Waals surface area contributed by atoms with E-state index in [1.807, 2.05) is 91.0 Å². The van der Waals surface area contributed by atoms with Gasteiger partial charge in [0, 0.05) is 20.7 Å². The first-order valence-electron chi connectivity index (χ1n) is 12.7. The molecule has 2 heterocycles. The first kappa shape index (κ1) is 26.9. The lowest BCUT2D eigenvalue weighted by Crippen LogP contribution is -2.54. The summed E-state index contributed by atoms with van der Waals surface area (Å²) in [6, 6.07) is 36.7. The number of hydrogen-bond acceptors (Lipinski definition) is 3. The van der Waals surface area contributed by atoms with Gasteiger partial charge in [0.15, 0.2) is 5.11 Å². The van der Waals surface area contributed by atoms with Crippen LogP contribution in [-0.4, -0.2) is 21.5 Å². The van der Waals surface area contributed by atoms with Crippen molar-refractivity contribution in [3.8, 4) is 28.2 Å². The molecule has 6 rings (SSSR count). The van der Waals surface area contributed by atoms with Crippen LogP contribution in [-0.2, 0) is 9.59 Å². The molecule has 0 saturated carbocycles. The third kappa shape index (κ3) is 5.27. The molecule has 4 aromatic carbocycles. The number of rotatable bonds is 5. The summed E-state index contributed by atoms with van der Waals surface area (Å²) in [7, 11) is 0. The Morgan fingerprint density at radius 2 is 1.34 bits per heavy atom. The summed E-state index contributed by atoms with van der Waals surface area (Å²) < 4.78 is 3.11. The predicted octanol–water partition coefficient (Wildman–Crippen LogP) is 8.06. The van der Waals surface area contributed by atoms with Gasteiger partial charge < -0.3 is 4.57 Å². The van der Waals surface area contributed by atoms with Gasteiger partial charge in [-0.1, -0.05) is 88.2 Å². The van der Waals surface area contributed by atoms with E-state index in [1.165, 1.54) is 4.90 Å². The Labute approximate surface area is 255 Å². The summed E-state index contributed by atoms with van der Waals surface area (Å²) in [4.78, 5) is 28.3. The monoisotopic (exact) mass is 637 g/mol. The fraction of sp³-hybridized carbons (Fsp3) is 0. The Bertz CT molecular complexity index is 1820. The molecule has 1 saturated heterocycles. The molecular weight excluding hydrogens is 618 g/mol. The van der Waals surface area contributed by atoms with Crippen molar-refractivity contribution in [2.75, 3.05) is 4.90 Å². The number of benzene rings is 4. The zero-order valence-corrected chi connectivity index (χ0v) is 24.6. The molecule has 0 atom stereocenters. The molecule has 5 nitrogen and oxygen atoms in total. The van der Waals surface area contributed by atoms with Crippen molar-refractivity contribution in [2.24, 2.45) is 0 Å². The molecule has 8 heteroatoms. The van der Waals surface area contributed by atoms with Crippen molar-refractivity contribution in [2.45, 2.75) is 0 Å². The molecule has 1 fully saturated rings. The van der Waals surface area contributed by atoms with Gasteiger partial charge in [0.1, 0.15) is 5.57 Å². The zero-order valence-electron chi connectivity index (χ0n) is 21.4. The van der Waals surface area contributed by atoms with Gasteiger partial charge >= 0.3 is 0 Å². The summed E-state index contributed by atoms with van der Waals surface area (Å²) in [5, 5.41) is 3.22. The van der Waals surface area contributed by atoms with Crippen molar-refractivity contribution >= 4 is 68.4 Å². The van der Waals surface area contributed by atoms with E-state index in [1.54, 1.807) is 30.3 Å². The molecule has 5 aromatic rings. The van der Waals surface area contributed by atoms with Crippen molar-refractivity contribution in [3.05, 3.63) is 136 Å². The highest BCUT2D eigenvalue weighted by molar-refractivity contribution is 9.10. The minimum Gasteiger partial charge on any atom is -0.309 e. The maximum atomic E-state index is 13.8. The van der Waals surface area contributed by atoms with E-state index in [2.05, 4.69) is 25.8 Å². The van der Waals surface area contributed by atoms with Crippen molar-refractivity contribution < 1.29 is 9.59 Å². The zero-order chi connectivity index (χ0) is 28.5. The molecule has 41 heavy (non-hydrogen) atoms. The summed E-state index contributed by atoms with van der Waals surface area (Å²) in [5.41, 5.74) is 5.78. The van der Waals surface area contributed by atoms with Gasteiger partial charge in [0.05, 0.1) is 17.1 Å². The smallest absolute Gasteiger partial charge is 0.270 e. The van der Waals surface area contributed by atoms with Gasteiger partial charge in [0.2, 0.25) is 0 Å². The highest BCUT2D eigenvalue weighted by Gasteiger charge is 2.35. The average Bonchev–Trinajstić information content (AvgIpc) is 3.36. The van der Waals surface area contributed by atoms with Crippen LogP contribution in [0.5, 0.6) is 0 Å². The average molecular weight is 639 g/mol. The molecule has 2 amide bonds. The number of carbonyl (C=O) groups excluding carboxylic acids is 2. The summed E-state index contributed by atoms with van der Waals surface area (Å²) in [6.45, 7) is 0. The maximum absolute atomic E-state index is 13.8. The van der Waals surface area contributed by atoms with Gasteiger partial charge in [-0.05, 0) is 84.0 Å². The maximum Gasteiger partial charge on any atom is 0.270 e. The Balaban J connectivity index is 1.59. The number of amides is 2. The van der Waals surface area contributed by atoms with Crippen molar-refractivity contribution in [1.82, 2.24) is 9.88 Å².